The van der Waals surface area contributed by atoms with Crippen LogP contribution in [0.1, 0.15) is 43.6 Å². The van der Waals surface area contributed by atoms with E-state index < -0.39 is 0 Å². The van der Waals surface area contributed by atoms with Gasteiger partial charge in [-0.25, -0.2) is 4.98 Å². The molecule has 4 rings (SSSR count). The van der Waals surface area contributed by atoms with Gasteiger partial charge in [-0.1, -0.05) is 31.4 Å². The van der Waals surface area contributed by atoms with Crippen LogP contribution in [0.25, 0.3) is 17.0 Å². The second-order valence-electron chi connectivity index (χ2n) is 6.05. The van der Waals surface area contributed by atoms with Gasteiger partial charge in [-0.2, -0.15) is 0 Å². The Morgan fingerprint density at radius 1 is 1.05 bits per heavy atom. The Balaban J connectivity index is 1.87. The molecule has 4 heteroatoms. The first-order valence-electron chi connectivity index (χ1n) is 8.02. The molecule has 4 nitrogen and oxygen atoms in total. The highest BCUT2D eigenvalue weighted by molar-refractivity contribution is 5.74. The van der Waals surface area contributed by atoms with Gasteiger partial charge in [-0.15, -0.1) is 0 Å². The largest absolute Gasteiger partial charge is 0.383 e. The Bertz CT molecular complexity index is 785. The monoisotopic (exact) mass is 292 g/mol. The third-order valence-electron chi connectivity index (χ3n) is 4.67. The van der Waals surface area contributed by atoms with E-state index >= 15 is 0 Å². The van der Waals surface area contributed by atoms with E-state index in [4.69, 9.17) is 10.7 Å². The van der Waals surface area contributed by atoms with Gasteiger partial charge < -0.3 is 5.73 Å². The topological polar surface area (TPSA) is 56.2 Å². The molecule has 0 amide bonds. The van der Waals surface area contributed by atoms with Gasteiger partial charge in [0.1, 0.15) is 17.2 Å². The lowest BCUT2D eigenvalue weighted by Gasteiger charge is -2.22. The van der Waals surface area contributed by atoms with Crippen LogP contribution in [0.2, 0.25) is 0 Å². The molecule has 1 saturated carbocycles. The van der Waals surface area contributed by atoms with Crippen LogP contribution in [0.4, 0.5) is 5.82 Å². The van der Waals surface area contributed by atoms with Gasteiger partial charge in [0.05, 0.1) is 5.69 Å². The number of nitrogen functional groups attached to an aromatic ring is 1. The summed E-state index contributed by atoms with van der Waals surface area (Å²) in [4.78, 5) is 9.22. The molecule has 0 atom stereocenters. The lowest BCUT2D eigenvalue weighted by atomic mass is 9.84. The molecule has 112 valence electrons. The molecule has 1 aliphatic carbocycles. The van der Waals surface area contributed by atoms with Gasteiger partial charge in [0.15, 0.2) is 0 Å². The molecule has 0 radical (unpaired) electrons. The number of rotatable bonds is 2. The van der Waals surface area contributed by atoms with Gasteiger partial charge in [0.2, 0.25) is 0 Å². The molecule has 0 aliphatic heterocycles. The lowest BCUT2D eigenvalue weighted by Crippen LogP contribution is -2.06. The van der Waals surface area contributed by atoms with Crippen LogP contribution >= 0.6 is 0 Å². The van der Waals surface area contributed by atoms with Gasteiger partial charge >= 0.3 is 0 Å². The first-order valence-corrected chi connectivity index (χ1v) is 8.02. The number of imidazole rings is 1. The fourth-order valence-electron chi connectivity index (χ4n) is 3.53. The molecule has 3 aromatic heterocycles. The Labute approximate surface area is 130 Å². The molecular formula is C18H20N4. The maximum absolute atomic E-state index is 6.33. The molecule has 22 heavy (non-hydrogen) atoms. The summed E-state index contributed by atoms with van der Waals surface area (Å²) in [6.07, 6.45) is 10.3. The quantitative estimate of drug-likeness (QED) is 0.776. The highest BCUT2D eigenvalue weighted by Gasteiger charge is 2.21. The van der Waals surface area contributed by atoms with Crippen LogP contribution in [0, 0.1) is 0 Å². The van der Waals surface area contributed by atoms with Crippen molar-refractivity contribution in [3.8, 4) is 11.4 Å². The predicted molar refractivity (Wildman–Crippen MR) is 88.7 cm³/mol. The first kappa shape index (κ1) is 13.3. The van der Waals surface area contributed by atoms with E-state index in [0.717, 1.165) is 17.0 Å². The number of nitrogens with two attached hydrogens (primary N) is 1. The number of fused-ring (bicyclic) bond motifs is 1. The SMILES string of the molecule is Nc1c(-c2ccccn2)nc2c(C3CCCCC3)cccn12. The molecule has 2 N–H and O–H groups in total. The predicted octanol–water partition coefficient (Wildman–Crippen LogP) is 4.03. The molecule has 1 fully saturated rings. The third kappa shape index (κ3) is 2.15. The molecule has 0 saturated heterocycles. The van der Waals surface area contributed by atoms with E-state index in [1.165, 1.54) is 37.7 Å². The zero-order valence-corrected chi connectivity index (χ0v) is 12.6. The normalized spacial score (nSPS) is 16.2. The van der Waals surface area contributed by atoms with Crippen molar-refractivity contribution in [3.05, 3.63) is 48.3 Å². The van der Waals surface area contributed by atoms with E-state index in [1.54, 1.807) is 6.20 Å². The second kappa shape index (κ2) is 5.44. The summed E-state index contributed by atoms with van der Waals surface area (Å²) in [5.74, 6) is 1.28. The van der Waals surface area contributed by atoms with Gasteiger partial charge in [-0.05, 0) is 42.5 Å². The number of hydrogen-bond acceptors (Lipinski definition) is 3. The Morgan fingerprint density at radius 2 is 1.91 bits per heavy atom. The number of hydrogen-bond donors (Lipinski definition) is 1. The Hall–Kier alpha value is -2.36. The van der Waals surface area contributed by atoms with Crippen LogP contribution in [0.3, 0.4) is 0 Å². The van der Waals surface area contributed by atoms with Crippen molar-refractivity contribution in [1.82, 2.24) is 14.4 Å². The van der Waals surface area contributed by atoms with E-state index in [-0.39, 0.29) is 0 Å². The molecule has 1 aliphatic rings. The van der Waals surface area contributed by atoms with E-state index in [9.17, 15) is 0 Å². The van der Waals surface area contributed by atoms with Crippen molar-refractivity contribution in [1.29, 1.82) is 0 Å². The van der Waals surface area contributed by atoms with E-state index in [1.807, 2.05) is 28.8 Å². The summed E-state index contributed by atoms with van der Waals surface area (Å²) in [5, 5.41) is 0. The van der Waals surface area contributed by atoms with Crippen molar-refractivity contribution >= 4 is 11.5 Å². The zero-order chi connectivity index (χ0) is 14.9. The van der Waals surface area contributed by atoms with E-state index in [2.05, 4.69) is 17.1 Å². The van der Waals surface area contributed by atoms with E-state index in [0.29, 0.717) is 11.7 Å². The van der Waals surface area contributed by atoms with Crippen molar-refractivity contribution < 1.29 is 0 Å². The minimum Gasteiger partial charge on any atom is -0.383 e. The standard InChI is InChI=1S/C18H20N4/c19-17-16(15-10-4-5-11-20-15)21-18-14(9-6-12-22(17)18)13-7-2-1-3-8-13/h4-6,9-13H,1-3,7-8,19H2. The van der Waals surface area contributed by atoms with Crippen LogP contribution in [-0.2, 0) is 0 Å². The average molecular weight is 292 g/mol. The smallest absolute Gasteiger partial charge is 0.142 e. The van der Waals surface area contributed by atoms with Gasteiger partial charge in [-0.3, -0.25) is 9.38 Å². The lowest BCUT2D eigenvalue weighted by molar-refractivity contribution is 0.444. The van der Waals surface area contributed by atoms with Crippen molar-refractivity contribution in [2.45, 2.75) is 38.0 Å². The minimum atomic E-state index is 0.607. The number of pyridine rings is 2. The molecular weight excluding hydrogens is 272 g/mol. The molecule has 0 bridgehead atoms. The van der Waals surface area contributed by atoms with Crippen LogP contribution in [-0.4, -0.2) is 14.4 Å². The number of nitrogens with zero attached hydrogens (tertiary/aromatic N) is 3. The Morgan fingerprint density at radius 3 is 2.68 bits per heavy atom. The van der Waals surface area contributed by atoms with Crippen molar-refractivity contribution in [2.24, 2.45) is 0 Å². The van der Waals surface area contributed by atoms with Crippen molar-refractivity contribution in [3.63, 3.8) is 0 Å². The number of aromatic nitrogens is 3. The maximum atomic E-state index is 6.33. The fraction of sp³-hybridized carbons (Fsp3) is 0.333. The van der Waals surface area contributed by atoms with Gasteiger partial charge in [0.25, 0.3) is 0 Å². The molecule has 3 heterocycles. The molecule has 0 unspecified atom stereocenters. The second-order valence-corrected chi connectivity index (χ2v) is 6.05. The summed E-state index contributed by atoms with van der Waals surface area (Å²) in [6, 6.07) is 10.1. The van der Waals surface area contributed by atoms with Crippen LogP contribution < -0.4 is 5.73 Å². The zero-order valence-electron chi connectivity index (χ0n) is 12.6. The Kier molecular flexibility index (Phi) is 3.29. The fourth-order valence-corrected chi connectivity index (χ4v) is 3.53. The summed E-state index contributed by atoms with van der Waals surface area (Å²) < 4.78 is 2.01. The molecule has 3 aromatic rings. The average Bonchev–Trinajstić information content (AvgIpc) is 2.94. The van der Waals surface area contributed by atoms with Crippen LogP contribution in [0.15, 0.2) is 42.7 Å². The van der Waals surface area contributed by atoms with Gasteiger partial charge in [0, 0.05) is 12.4 Å². The van der Waals surface area contributed by atoms with Crippen molar-refractivity contribution in [2.75, 3.05) is 5.73 Å². The first-order chi connectivity index (χ1) is 10.8. The van der Waals surface area contributed by atoms with Crippen LogP contribution in [0.5, 0.6) is 0 Å². The minimum absolute atomic E-state index is 0.607. The summed E-state index contributed by atoms with van der Waals surface area (Å²) in [6.45, 7) is 0. The summed E-state index contributed by atoms with van der Waals surface area (Å²) in [7, 11) is 0. The third-order valence-corrected chi connectivity index (χ3v) is 4.67. The highest BCUT2D eigenvalue weighted by atomic mass is 15.1. The highest BCUT2D eigenvalue weighted by Crippen LogP contribution is 2.36. The molecule has 0 spiro atoms. The number of anilines is 1. The maximum Gasteiger partial charge on any atom is 0.142 e. The summed E-state index contributed by atoms with van der Waals surface area (Å²) >= 11 is 0. The molecule has 0 aromatic carbocycles. The summed E-state index contributed by atoms with van der Waals surface area (Å²) in [5.41, 5.74) is 10.3.